The Morgan fingerprint density at radius 1 is 1.33 bits per heavy atom. The van der Waals surface area contributed by atoms with Crippen LogP contribution in [0.2, 0.25) is 0 Å². The average Bonchev–Trinajstić information content (AvgIpc) is 2.28. The maximum atomic E-state index is 12.9. The predicted molar refractivity (Wildman–Crippen MR) is 64.6 cm³/mol. The Bertz CT molecular complexity index is 508. The van der Waals surface area contributed by atoms with Crippen LogP contribution in [0, 0.1) is 0 Å². The van der Waals surface area contributed by atoms with E-state index in [4.69, 9.17) is 0 Å². The Balaban J connectivity index is 2.40. The molecule has 1 saturated heterocycles. The van der Waals surface area contributed by atoms with Gasteiger partial charge in [0.05, 0.1) is 5.69 Å². The molecule has 0 aromatic heterocycles. The van der Waals surface area contributed by atoms with Crippen molar-refractivity contribution in [1.82, 2.24) is 5.32 Å². The molecule has 0 unspecified atom stereocenters. The highest BCUT2D eigenvalue weighted by atomic mass is 79.9. The molecule has 0 aliphatic carbocycles. The molecule has 7 heteroatoms. The molecule has 1 aromatic rings. The fourth-order valence-electron chi connectivity index (χ4n) is 1.73. The molecule has 3 amide bonds. The summed E-state index contributed by atoms with van der Waals surface area (Å²) in [6.45, 7) is 0.0981. The van der Waals surface area contributed by atoms with Gasteiger partial charge in [0.25, 0.3) is 6.43 Å². The lowest BCUT2D eigenvalue weighted by atomic mass is 10.1. The van der Waals surface area contributed by atoms with Gasteiger partial charge in [-0.25, -0.2) is 13.6 Å². The number of rotatable bonds is 2. The third-order valence-electron chi connectivity index (χ3n) is 2.57. The highest BCUT2D eigenvalue weighted by molar-refractivity contribution is 9.10. The smallest absolute Gasteiger partial charge is 0.293 e. The van der Waals surface area contributed by atoms with Gasteiger partial charge in [0, 0.05) is 23.0 Å². The van der Waals surface area contributed by atoms with Gasteiger partial charge in [-0.05, 0) is 12.1 Å². The summed E-state index contributed by atoms with van der Waals surface area (Å²) in [5, 5.41) is 2.10. The molecule has 1 fully saturated rings. The molecule has 1 N–H and O–H groups in total. The van der Waals surface area contributed by atoms with Crippen LogP contribution in [0.15, 0.2) is 22.7 Å². The van der Waals surface area contributed by atoms with Crippen molar-refractivity contribution < 1.29 is 18.4 Å². The monoisotopic (exact) mass is 318 g/mol. The number of anilines is 1. The lowest BCUT2D eigenvalue weighted by Crippen LogP contribution is -2.49. The van der Waals surface area contributed by atoms with Crippen LogP contribution in [0.25, 0.3) is 0 Å². The zero-order valence-corrected chi connectivity index (χ0v) is 10.7. The number of halogens is 3. The Morgan fingerprint density at radius 3 is 2.67 bits per heavy atom. The van der Waals surface area contributed by atoms with Crippen molar-refractivity contribution in [3.63, 3.8) is 0 Å². The van der Waals surface area contributed by atoms with Crippen molar-refractivity contribution in [3.05, 3.63) is 28.2 Å². The second-order valence-corrected chi connectivity index (χ2v) is 4.67. The summed E-state index contributed by atoms with van der Waals surface area (Å²) in [7, 11) is 0. The number of imide groups is 1. The normalized spacial score (nSPS) is 16.1. The van der Waals surface area contributed by atoms with Crippen molar-refractivity contribution in [2.24, 2.45) is 0 Å². The maximum Gasteiger partial charge on any atom is 0.328 e. The number of alkyl halides is 2. The predicted octanol–water partition coefficient (Wildman–Crippen LogP) is 2.83. The van der Waals surface area contributed by atoms with Gasteiger partial charge in [0.1, 0.15) is 0 Å². The molecule has 0 atom stereocenters. The maximum absolute atomic E-state index is 12.9. The van der Waals surface area contributed by atoms with Gasteiger partial charge in [-0.3, -0.25) is 15.0 Å². The van der Waals surface area contributed by atoms with Gasteiger partial charge in [-0.15, -0.1) is 0 Å². The van der Waals surface area contributed by atoms with Crippen LogP contribution in [0.1, 0.15) is 18.4 Å². The number of hydrogen-bond acceptors (Lipinski definition) is 2. The summed E-state index contributed by atoms with van der Waals surface area (Å²) in [6.07, 6.45) is -2.58. The third kappa shape index (κ3) is 2.50. The number of nitrogens with one attached hydrogen (secondary N) is 1. The number of carbonyl (C=O) groups excluding carboxylic acids is 2. The first-order chi connectivity index (χ1) is 8.49. The summed E-state index contributed by atoms with van der Waals surface area (Å²) in [5.74, 6) is -0.398. The van der Waals surface area contributed by atoms with E-state index in [0.29, 0.717) is 4.47 Å². The molecule has 2 rings (SSSR count). The van der Waals surface area contributed by atoms with Crippen LogP contribution in [-0.4, -0.2) is 18.5 Å². The van der Waals surface area contributed by atoms with Gasteiger partial charge in [-0.1, -0.05) is 22.0 Å². The molecular formula is C11H9BrF2N2O2. The molecular weight excluding hydrogens is 310 g/mol. The minimum atomic E-state index is -2.68. The number of hydrogen-bond donors (Lipinski definition) is 1. The standard InChI is InChI=1S/C11H9BrF2N2O2/c12-6-1-2-7(10(13)14)8(5-6)16-4-3-9(17)15-11(16)18/h1-2,5,10H,3-4H2,(H,15,17,18). The van der Waals surface area contributed by atoms with E-state index in [9.17, 15) is 18.4 Å². The quantitative estimate of drug-likeness (QED) is 0.911. The lowest BCUT2D eigenvalue weighted by Gasteiger charge is -2.28. The first kappa shape index (κ1) is 12.9. The summed E-state index contributed by atoms with van der Waals surface area (Å²) in [6, 6.07) is 3.51. The Labute approximate surface area is 110 Å². The van der Waals surface area contributed by atoms with E-state index < -0.39 is 18.4 Å². The van der Waals surface area contributed by atoms with E-state index in [1.165, 1.54) is 18.2 Å². The topological polar surface area (TPSA) is 49.4 Å². The van der Waals surface area contributed by atoms with Crippen molar-refractivity contribution in [3.8, 4) is 0 Å². The van der Waals surface area contributed by atoms with E-state index >= 15 is 0 Å². The number of carbonyl (C=O) groups is 2. The van der Waals surface area contributed by atoms with Crippen molar-refractivity contribution in [2.45, 2.75) is 12.8 Å². The van der Waals surface area contributed by atoms with E-state index in [0.717, 1.165) is 4.90 Å². The van der Waals surface area contributed by atoms with E-state index in [1.54, 1.807) is 0 Å². The van der Waals surface area contributed by atoms with E-state index in [-0.39, 0.29) is 24.2 Å². The largest absolute Gasteiger partial charge is 0.328 e. The summed E-state index contributed by atoms with van der Waals surface area (Å²) < 4.78 is 26.3. The van der Waals surface area contributed by atoms with Crippen LogP contribution in [-0.2, 0) is 4.79 Å². The number of benzene rings is 1. The van der Waals surface area contributed by atoms with Gasteiger partial charge in [0.2, 0.25) is 5.91 Å². The zero-order valence-electron chi connectivity index (χ0n) is 9.12. The average molecular weight is 319 g/mol. The number of amides is 3. The molecule has 18 heavy (non-hydrogen) atoms. The van der Waals surface area contributed by atoms with Crippen molar-refractivity contribution in [2.75, 3.05) is 11.4 Å². The highest BCUT2D eigenvalue weighted by Gasteiger charge is 2.28. The van der Waals surface area contributed by atoms with Gasteiger partial charge >= 0.3 is 6.03 Å². The van der Waals surface area contributed by atoms with Crippen molar-refractivity contribution in [1.29, 1.82) is 0 Å². The van der Waals surface area contributed by atoms with Gasteiger partial charge in [0.15, 0.2) is 0 Å². The zero-order chi connectivity index (χ0) is 13.3. The van der Waals surface area contributed by atoms with Gasteiger partial charge in [-0.2, -0.15) is 0 Å². The van der Waals surface area contributed by atoms with Crippen LogP contribution < -0.4 is 10.2 Å². The molecule has 4 nitrogen and oxygen atoms in total. The Hall–Kier alpha value is -1.50. The molecule has 1 aliphatic rings. The minimum Gasteiger partial charge on any atom is -0.293 e. The fourth-order valence-corrected chi connectivity index (χ4v) is 2.08. The van der Waals surface area contributed by atoms with Gasteiger partial charge < -0.3 is 0 Å². The first-order valence-electron chi connectivity index (χ1n) is 5.18. The second kappa shape index (κ2) is 5.01. The van der Waals surface area contributed by atoms with Crippen LogP contribution in [0.5, 0.6) is 0 Å². The van der Waals surface area contributed by atoms with E-state index in [2.05, 4.69) is 21.2 Å². The first-order valence-corrected chi connectivity index (χ1v) is 5.97. The SMILES string of the molecule is O=C1CCN(c2cc(Br)ccc2C(F)F)C(=O)N1. The summed E-state index contributed by atoms with van der Waals surface area (Å²) >= 11 is 3.17. The lowest BCUT2D eigenvalue weighted by molar-refractivity contribution is -0.120. The van der Waals surface area contributed by atoms with Crippen molar-refractivity contribution >= 4 is 33.6 Å². The minimum absolute atomic E-state index is 0.0981. The number of nitrogens with zero attached hydrogens (tertiary/aromatic N) is 1. The molecule has 0 radical (unpaired) electrons. The Kier molecular flexibility index (Phi) is 3.60. The molecule has 1 aromatic carbocycles. The van der Waals surface area contributed by atoms with E-state index in [1.807, 2.05) is 0 Å². The molecule has 0 spiro atoms. The second-order valence-electron chi connectivity index (χ2n) is 3.76. The molecule has 96 valence electrons. The third-order valence-corrected chi connectivity index (χ3v) is 3.07. The Morgan fingerprint density at radius 2 is 2.06 bits per heavy atom. The summed E-state index contributed by atoms with van der Waals surface area (Å²) in [4.78, 5) is 23.8. The molecule has 0 saturated carbocycles. The van der Waals surface area contributed by atoms with Crippen LogP contribution >= 0.6 is 15.9 Å². The van der Waals surface area contributed by atoms with Crippen LogP contribution in [0.3, 0.4) is 0 Å². The molecule has 1 heterocycles. The fraction of sp³-hybridized carbons (Fsp3) is 0.273. The molecule has 0 bridgehead atoms. The molecule has 1 aliphatic heterocycles. The highest BCUT2D eigenvalue weighted by Crippen LogP contribution is 2.33. The van der Waals surface area contributed by atoms with Crippen LogP contribution in [0.4, 0.5) is 19.3 Å². The summed E-state index contributed by atoms with van der Waals surface area (Å²) in [5.41, 5.74) is -0.118. The number of urea groups is 1.